The van der Waals surface area contributed by atoms with Gasteiger partial charge in [0.05, 0.1) is 30.8 Å². The highest BCUT2D eigenvalue weighted by Crippen LogP contribution is 2.49. The fourth-order valence-electron chi connectivity index (χ4n) is 4.99. The first-order chi connectivity index (χ1) is 19.8. The maximum atomic E-state index is 13.7. The summed E-state index contributed by atoms with van der Waals surface area (Å²) >= 11 is 0. The highest BCUT2D eigenvalue weighted by molar-refractivity contribution is 7.89. The molecule has 13 nitrogen and oxygen atoms in total. The number of unbranched alkanes of at least 4 members (excludes halogenated alkanes) is 2. The van der Waals surface area contributed by atoms with Gasteiger partial charge in [0.25, 0.3) is 11.4 Å². The summed E-state index contributed by atoms with van der Waals surface area (Å²) in [6, 6.07) is 3.62. The molecule has 2 aromatic carbocycles. The van der Waals surface area contributed by atoms with E-state index in [4.69, 9.17) is 0 Å². The van der Waals surface area contributed by atoms with Crippen LogP contribution in [0.15, 0.2) is 34.1 Å². The number of ketones is 1. The van der Waals surface area contributed by atoms with Gasteiger partial charge in [-0.15, -0.1) is 0 Å². The molecule has 0 fully saturated rings. The van der Waals surface area contributed by atoms with Crippen LogP contribution in [0.25, 0.3) is 11.1 Å². The predicted octanol–water partition coefficient (Wildman–Crippen LogP) is 5.12. The first-order valence-corrected chi connectivity index (χ1v) is 16.9. The zero-order valence-corrected chi connectivity index (χ0v) is 25.8. The molecular formula is C27H36N4O9S2. The molecule has 0 atom stereocenters. The quantitative estimate of drug-likeness (QED) is 0.155. The van der Waals surface area contributed by atoms with Crippen molar-refractivity contribution in [2.45, 2.75) is 76.0 Å². The lowest BCUT2D eigenvalue weighted by Gasteiger charge is -2.22. The molecule has 0 spiro atoms. The van der Waals surface area contributed by atoms with Gasteiger partial charge in [-0.3, -0.25) is 25.0 Å². The van der Waals surface area contributed by atoms with Crippen molar-refractivity contribution in [3.8, 4) is 11.1 Å². The van der Waals surface area contributed by atoms with Gasteiger partial charge in [-0.1, -0.05) is 40.5 Å². The van der Waals surface area contributed by atoms with Crippen LogP contribution in [0.4, 0.5) is 11.4 Å². The Morgan fingerprint density at radius 1 is 0.619 bits per heavy atom. The van der Waals surface area contributed by atoms with E-state index in [0.29, 0.717) is 38.5 Å². The summed E-state index contributed by atoms with van der Waals surface area (Å²) in [5, 5.41) is 24.4. The number of carbonyl (C=O) groups is 1. The van der Waals surface area contributed by atoms with Crippen LogP contribution in [0.1, 0.15) is 82.1 Å². The summed E-state index contributed by atoms with van der Waals surface area (Å²) in [7, 11) is -8.54. The molecule has 0 unspecified atom stereocenters. The van der Waals surface area contributed by atoms with E-state index in [1.165, 1.54) is 8.61 Å². The number of benzene rings is 2. The van der Waals surface area contributed by atoms with E-state index in [1.54, 1.807) is 13.8 Å². The normalized spacial score (nSPS) is 13.0. The van der Waals surface area contributed by atoms with Gasteiger partial charge in [0.15, 0.2) is 5.78 Å². The first-order valence-electron chi connectivity index (χ1n) is 14.0. The van der Waals surface area contributed by atoms with Crippen LogP contribution in [0.5, 0.6) is 0 Å². The third-order valence-electron chi connectivity index (χ3n) is 7.06. The van der Waals surface area contributed by atoms with Gasteiger partial charge in [0.1, 0.15) is 0 Å². The van der Waals surface area contributed by atoms with Crippen molar-refractivity contribution >= 4 is 37.2 Å². The highest BCUT2D eigenvalue weighted by atomic mass is 32.2. The maximum Gasteiger partial charge on any atom is 0.279 e. The summed E-state index contributed by atoms with van der Waals surface area (Å²) < 4.78 is 56.6. The van der Waals surface area contributed by atoms with Gasteiger partial charge in [0, 0.05) is 49.4 Å². The monoisotopic (exact) mass is 624 g/mol. The van der Waals surface area contributed by atoms with Crippen molar-refractivity contribution in [1.29, 1.82) is 0 Å². The second kappa shape index (κ2) is 13.4. The average molecular weight is 625 g/mol. The lowest BCUT2D eigenvalue weighted by atomic mass is 10.0. The average Bonchev–Trinajstić information content (AvgIpc) is 3.23. The van der Waals surface area contributed by atoms with Crippen LogP contribution in [0.3, 0.4) is 0 Å². The number of hydrogen-bond acceptors (Lipinski definition) is 9. The predicted molar refractivity (Wildman–Crippen MR) is 157 cm³/mol. The van der Waals surface area contributed by atoms with Gasteiger partial charge < -0.3 is 0 Å². The van der Waals surface area contributed by atoms with Crippen LogP contribution >= 0.6 is 0 Å². The van der Waals surface area contributed by atoms with Gasteiger partial charge >= 0.3 is 0 Å². The van der Waals surface area contributed by atoms with E-state index in [0.717, 1.165) is 24.3 Å². The first kappa shape index (κ1) is 33.2. The summed E-state index contributed by atoms with van der Waals surface area (Å²) in [5.74, 6) is -0.925. The van der Waals surface area contributed by atoms with Crippen molar-refractivity contribution in [2.75, 3.05) is 26.2 Å². The Morgan fingerprint density at radius 3 is 1.29 bits per heavy atom. The molecular weight excluding hydrogens is 588 g/mol. The van der Waals surface area contributed by atoms with E-state index in [9.17, 15) is 41.9 Å². The molecule has 15 heteroatoms. The Bertz CT molecular complexity index is 1590. The minimum atomic E-state index is -4.28. The second-order valence-corrected chi connectivity index (χ2v) is 14.0. The number of hydrogen-bond donors (Lipinski definition) is 0. The molecule has 0 saturated heterocycles. The number of rotatable bonds is 16. The third kappa shape index (κ3) is 6.23. The molecule has 0 heterocycles. The number of nitrogens with zero attached hydrogens (tertiary/aromatic N) is 4. The van der Waals surface area contributed by atoms with E-state index in [1.807, 2.05) is 13.8 Å². The summed E-state index contributed by atoms with van der Waals surface area (Å²) in [4.78, 5) is 35.3. The molecule has 3 rings (SSSR count). The smallest absolute Gasteiger partial charge is 0.279 e. The molecule has 1 aliphatic rings. The van der Waals surface area contributed by atoms with Crippen LogP contribution in [0, 0.1) is 20.2 Å². The lowest BCUT2D eigenvalue weighted by Crippen LogP contribution is -2.33. The fraction of sp³-hybridized carbons (Fsp3) is 0.519. The Balaban J connectivity index is 2.30. The van der Waals surface area contributed by atoms with Crippen LogP contribution in [-0.4, -0.2) is 67.3 Å². The molecule has 0 aliphatic heterocycles. The number of fused-ring (bicyclic) bond motifs is 3. The van der Waals surface area contributed by atoms with Gasteiger partial charge in [-0.05, 0) is 37.8 Å². The van der Waals surface area contributed by atoms with Crippen molar-refractivity contribution in [3.05, 3.63) is 55.6 Å². The van der Waals surface area contributed by atoms with E-state index in [2.05, 4.69) is 0 Å². The fourth-order valence-corrected chi connectivity index (χ4v) is 8.22. The number of nitro benzene ring substituents is 2. The Kier molecular flexibility index (Phi) is 10.6. The molecule has 0 saturated carbocycles. The van der Waals surface area contributed by atoms with Crippen LogP contribution in [-0.2, 0) is 20.0 Å². The number of carbonyl (C=O) groups excluding carboxylic acids is 1. The number of sulfonamides is 2. The third-order valence-corrected chi connectivity index (χ3v) is 10.8. The molecule has 1 aliphatic carbocycles. The molecule has 0 bridgehead atoms. The summed E-state index contributed by atoms with van der Waals surface area (Å²) in [6.07, 6.45) is 3.48. The standard InChI is InChI=1S/C27H36N4O9S2/c1-5-9-13-29(14-10-6-2)42(39,40)20-16-22-26(24(18-20)31(35)36)25-21(27(22)32)15-19(17-23(25)30(33)34)41(37,38)28(11-7-3)12-8-4/h15-18H,5-14H2,1-4H3. The van der Waals surface area contributed by atoms with Gasteiger partial charge in [-0.25, -0.2) is 16.8 Å². The van der Waals surface area contributed by atoms with Crippen LogP contribution in [0.2, 0.25) is 0 Å². The van der Waals surface area contributed by atoms with E-state index < -0.39 is 79.1 Å². The molecule has 0 aromatic heterocycles. The van der Waals surface area contributed by atoms with Crippen molar-refractivity contribution < 1.29 is 31.5 Å². The Labute approximate surface area is 245 Å². The molecule has 0 N–H and O–H groups in total. The van der Waals surface area contributed by atoms with Crippen molar-refractivity contribution in [2.24, 2.45) is 0 Å². The SMILES string of the molecule is CCCCN(CCCC)S(=O)(=O)c1cc2c(c([N+](=O)[O-])c1)-c1c(cc(S(=O)(=O)N(CCC)CCC)cc1[N+](=O)[O-])C2=O. The van der Waals surface area contributed by atoms with E-state index in [-0.39, 0.29) is 26.2 Å². The minimum Gasteiger partial charge on any atom is -0.289 e. The molecule has 0 amide bonds. The molecule has 0 radical (unpaired) electrons. The molecule has 42 heavy (non-hydrogen) atoms. The van der Waals surface area contributed by atoms with Crippen LogP contribution < -0.4 is 0 Å². The van der Waals surface area contributed by atoms with Gasteiger partial charge in [-0.2, -0.15) is 8.61 Å². The summed E-state index contributed by atoms with van der Waals surface area (Å²) in [5.41, 5.74) is -3.19. The maximum absolute atomic E-state index is 13.7. The summed E-state index contributed by atoms with van der Waals surface area (Å²) in [6.45, 7) is 7.99. The van der Waals surface area contributed by atoms with Crippen molar-refractivity contribution in [1.82, 2.24) is 8.61 Å². The molecule has 2 aromatic rings. The zero-order chi connectivity index (χ0) is 31.4. The highest BCUT2D eigenvalue weighted by Gasteiger charge is 2.42. The number of nitro groups is 2. The largest absolute Gasteiger partial charge is 0.289 e. The second-order valence-electron chi connectivity index (χ2n) is 10.1. The Hall–Kier alpha value is -3.27. The zero-order valence-electron chi connectivity index (χ0n) is 24.2. The minimum absolute atomic E-state index is 0.147. The molecule has 230 valence electrons. The topological polar surface area (TPSA) is 178 Å². The van der Waals surface area contributed by atoms with E-state index >= 15 is 0 Å². The van der Waals surface area contributed by atoms with Gasteiger partial charge in [0.2, 0.25) is 20.0 Å². The lowest BCUT2D eigenvalue weighted by molar-refractivity contribution is -0.386. The van der Waals surface area contributed by atoms with Crippen molar-refractivity contribution in [3.63, 3.8) is 0 Å². The Morgan fingerprint density at radius 2 is 0.976 bits per heavy atom.